The van der Waals surface area contributed by atoms with E-state index in [2.05, 4.69) is 24.0 Å². The smallest absolute Gasteiger partial charge is 0.125 e. The molecule has 1 aliphatic rings. The van der Waals surface area contributed by atoms with Crippen molar-refractivity contribution < 1.29 is 9.84 Å². The van der Waals surface area contributed by atoms with Crippen molar-refractivity contribution in [3.05, 3.63) is 29.3 Å². The van der Waals surface area contributed by atoms with Gasteiger partial charge >= 0.3 is 0 Å². The third-order valence-corrected chi connectivity index (χ3v) is 3.50. The van der Waals surface area contributed by atoms with E-state index in [0.717, 1.165) is 17.9 Å². The van der Waals surface area contributed by atoms with E-state index in [9.17, 15) is 5.11 Å². The number of nitrogens with zero attached hydrogens (tertiary/aromatic N) is 1. The second-order valence-electron chi connectivity index (χ2n) is 5.37. The Hall–Kier alpha value is -1.06. The Morgan fingerprint density at radius 3 is 2.72 bits per heavy atom. The summed E-state index contributed by atoms with van der Waals surface area (Å²) in [6, 6.07) is 6.82. The standard InChI is InChI=1S/C15H23NO2/c1-11(2)18-15-5-4-13(8-14(15)10-17)9-16-7-6-12(16)3/h4-5,8,11-12,17H,6-7,9-10H2,1-3H3. The number of ether oxygens (including phenoxy) is 1. The molecule has 0 aromatic heterocycles. The minimum absolute atomic E-state index is 0.0332. The van der Waals surface area contributed by atoms with Crippen LogP contribution in [0.1, 0.15) is 38.3 Å². The van der Waals surface area contributed by atoms with E-state index in [1.807, 2.05) is 19.9 Å². The SMILES string of the molecule is CC(C)Oc1ccc(CN2CCC2C)cc1CO. The Labute approximate surface area is 109 Å². The molecule has 100 valence electrons. The monoisotopic (exact) mass is 249 g/mol. The van der Waals surface area contributed by atoms with Crippen LogP contribution in [-0.4, -0.2) is 28.7 Å². The quantitative estimate of drug-likeness (QED) is 0.870. The Balaban J connectivity index is 2.08. The summed E-state index contributed by atoms with van der Waals surface area (Å²) in [5.74, 6) is 0.799. The molecule has 2 rings (SSSR count). The maximum atomic E-state index is 9.42. The van der Waals surface area contributed by atoms with Gasteiger partial charge in [-0.25, -0.2) is 0 Å². The molecule has 1 N–H and O–H groups in total. The number of aliphatic hydroxyl groups is 1. The summed E-state index contributed by atoms with van der Waals surface area (Å²) in [7, 11) is 0. The number of aliphatic hydroxyl groups excluding tert-OH is 1. The van der Waals surface area contributed by atoms with Crippen LogP contribution in [0.15, 0.2) is 18.2 Å². The molecule has 1 aromatic carbocycles. The lowest BCUT2D eigenvalue weighted by molar-refractivity contribution is 0.0958. The lowest BCUT2D eigenvalue weighted by Gasteiger charge is -2.38. The summed E-state index contributed by atoms with van der Waals surface area (Å²) >= 11 is 0. The zero-order valence-corrected chi connectivity index (χ0v) is 11.5. The number of benzene rings is 1. The Morgan fingerprint density at radius 2 is 2.22 bits per heavy atom. The zero-order chi connectivity index (χ0) is 13.1. The predicted molar refractivity (Wildman–Crippen MR) is 72.6 cm³/mol. The highest BCUT2D eigenvalue weighted by atomic mass is 16.5. The molecule has 0 radical (unpaired) electrons. The van der Waals surface area contributed by atoms with Crippen LogP contribution in [0.5, 0.6) is 5.75 Å². The molecule has 3 heteroatoms. The van der Waals surface area contributed by atoms with Crippen molar-refractivity contribution >= 4 is 0 Å². The fourth-order valence-corrected chi connectivity index (χ4v) is 2.26. The van der Waals surface area contributed by atoms with Crippen LogP contribution in [-0.2, 0) is 13.2 Å². The van der Waals surface area contributed by atoms with Gasteiger partial charge in [-0.3, -0.25) is 4.90 Å². The lowest BCUT2D eigenvalue weighted by atomic mass is 10.0. The molecule has 1 aliphatic heterocycles. The highest BCUT2D eigenvalue weighted by Crippen LogP contribution is 2.25. The Morgan fingerprint density at radius 1 is 1.44 bits per heavy atom. The average molecular weight is 249 g/mol. The van der Waals surface area contributed by atoms with Gasteiger partial charge in [0.1, 0.15) is 5.75 Å². The molecule has 1 atom stereocenters. The van der Waals surface area contributed by atoms with Crippen LogP contribution in [0.3, 0.4) is 0 Å². The van der Waals surface area contributed by atoms with Gasteiger partial charge in [0.2, 0.25) is 0 Å². The molecule has 0 aliphatic carbocycles. The minimum atomic E-state index is 0.0332. The maximum Gasteiger partial charge on any atom is 0.125 e. The van der Waals surface area contributed by atoms with E-state index in [1.54, 1.807) is 0 Å². The normalized spacial score (nSPS) is 19.9. The summed E-state index contributed by atoms with van der Waals surface area (Å²) in [6.45, 7) is 8.43. The molecule has 1 aromatic rings. The van der Waals surface area contributed by atoms with Gasteiger partial charge in [-0.2, -0.15) is 0 Å². The third-order valence-electron chi connectivity index (χ3n) is 3.50. The molecule has 1 fully saturated rings. The van der Waals surface area contributed by atoms with Gasteiger partial charge in [0, 0.05) is 24.7 Å². The van der Waals surface area contributed by atoms with Gasteiger partial charge in [-0.05, 0) is 44.9 Å². The van der Waals surface area contributed by atoms with E-state index in [-0.39, 0.29) is 12.7 Å². The summed E-state index contributed by atoms with van der Waals surface area (Å²) in [5, 5.41) is 9.42. The van der Waals surface area contributed by atoms with Crippen LogP contribution >= 0.6 is 0 Å². The van der Waals surface area contributed by atoms with Crippen molar-refractivity contribution in [2.75, 3.05) is 6.54 Å². The van der Waals surface area contributed by atoms with Crippen LogP contribution in [0.25, 0.3) is 0 Å². The number of hydrogen-bond donors (Lipinski definition) is 1. The number of rotatable bonds is 5. The molecule has 1 unspecified atom stereocenters. The Kier molecular flexibility index (Phi) is 4.25. The third kappa shape index (κ3) is 3.03. The van der Waals surface area contributed by atoms with Crippen molar-refractivity contribution in [2.24, 2.45) is 0 Å². The lowest BCUT2D eigenvalue weighted by Crippen LogP contribution is -2.44. The molecule has 0 saturated carbocycles. The molecule has 3 nitrogen and oxygen atoms in total. The largest absolute Gasteiger partial charge is 0.491 e. The molecule has 0 bridgehead atoms. The summed E-state index contributed by atoms with van der Waals surface area (Å²) in [6.07, 6.45) is 1.43. The van der Waals surface area contributed by atoms with Crippen LogP contribution in [0, 0.1) is 0 Å². The van der Waals surface area contributed by atoms with Crippen molar-refractivity contribution in [3.63, 3.8) is 0 Å². The number of hydrogen-bond acceptors (Lipinski definition) is 3. The highest BCUT2D eigenvalue weighted by Gasteiger charge is 2.23. The van der Waals surface area contributed by atoms with Gasteiger partial charge in [0.15, 0.2) is 0 Å². The molecular weight excluding hydrogens is 226 g/mol. The first-order valence-electron chi connectivity index (χ1n) is 6.73. The predicted octanol–water partition coefficient (Wildman–Crippen LogP) is 2.56. The average Bonchev–Trinajstić information content (AvgIpc) is 2.34. The molecule has 18 heavy (non-hydrogen) atoms. The molecule has 1 heterocycles. The van der Waals surface area contributed by atoms with Crippen molar-refractivity contribution in [3.8, 4) is 5.75 Å². The fraction of sp³-hybridized carbons (Fsp3) is 0.600. The topological polar surface area (TPSA) is 32.7 Å². The summed E-state index contributed by atoms with van der Waals surface area (Å²) in [5.41, 5.74) is 2.14. The van der Waals surface area contributed by atoms with E-state index in [4.69, 9.17) is 4.74 Å². The molecule has 0 amide bonds. The number of likely N-dealkylation sites (tertiary alicyclic amines) is 1. The highest BCUT2D eigenvalue weighted by molar-refractivity contribution is 5.37. The molecule has 1 saturated heterocycles. The first-order valence-corrected chi connectivity index (χ1v) is 6.73. The first kappa shape index (κ1) is 13.4. The maximum absolute atomic E-state index is 9.42. The van der Waals surface area contributed by atoms with E-state index < -0.39 is 0 Å². The van der Waals surface area contributed by atoms with E-state index in [1.165, 1.54) is 18.5 Å². The Bertz CT molecular complexity index is 403. The molecular formula is C15H23NO2. The fourth-order valence-electron chi connectivity index (χ4n) is 2.26. The van der Waals surface area contributed by atoms with Gasteiger partial charge in [-0.15, -0.1) is 0 Å². The van der Waals surface area contributed by atoms with Crippen molar-refractivity contribution in [1.82, 2.24) is 4.90 Å². The van der Waals surface area contributed by atoms with Gasteiger partial charge in [0.25, 0.3) is 0 Å². The van der Waals surface area contributed by atoms with Gasteiger partial charge in [-0.1, -0.05) is 6.07 Å². The van der Waals surface area contributed by atoms with Crippen LogP contribution in [0.2, 0.25) is 0 Å². The van der Waals surface area contributed by atoms with Crippen molar-refractivity contribution in [2.45, 2.75) is 52.5 Å². The summed E-state index contributed by atoms with van der Waals surface area (Å²) < 4.78 is 5.68. The minimum Gasteiger partial charge on any atom is -0.491 e. The first-order chi connectivity index (χ1) is 8.60. The van der Waals surface area contributed by atoms with E-state index in [0.29, 0.717) is 6.04 Å². The van der Waals surface area contributed by atoms with E-state index >= 15 is 0 Å². The zero-order valence-electron chi connectivity index (χ0n) is 11.5. The van der Waals surface area contributed by atoms with Gasteiger partial charge in [0.05, 0.1) is 12.7 Å². The van der Waals surface area contributed by atoms with Crippen molar-refractivity contribution in [1.29, 1.82) is 0 Å². The van der Waals surface area contributed by atoms with Crippen LogP contribution < -0.4 is 4.74 Å². The van der Waals surface area contributed by atoms with Gasteiger partial charge < -0.3 is 9.84 Å². The second kappa shape index (κ2) is 5.72. The summed E-state index contributed by atoms with van der Waals surface area (Å²) in [4.78, 5) is 2.44. The molecule has 0 spiro atoms. The second-order valence-corrected chi connectivity index (χ2v) is 5.37. The van der Waals surface area contributed by atoms with Crippen LogP contribution in [0.4, 0.5) is 0 Å².